The lowest BCUT2D eigenvalue weighted by atomic mass is 9.91. The van der Waals surface area contributed by atoms with Crippen LogP contribution in [0.1, 0.15) is 13.3 Å². The molecule has 20 heavy (non-hydrogen) atoms. The van der Waals surface area contributed by atoms with Crippen molar-refractivity contribution in [1.82, 2.24) is 4.90 Å². The Balaban J connectivity index is 1.98. The number of anilines is 1. The molecule has 5 nitrogen and oxygen atoms in total. The number of carbonyl (C=O) groups is 1. The lowest BCUT2D eigenvalue weighted by Gasteiger charge is -2.46. The first-order valence-electron chi connectivity index (χ1n) is 6.75. The molecule has 1 amide bonds. The fourth-order valence-electron chi connectivity index (χ4n) is 2.40. The van der Waals surface area contributed by atoms with Gasteiger partial charge in [0.1, 0.15) is 6.54 Å². The highest BCUT2D eigenvalue weighted by Gasteiger charge is 2.40. The molecule has 0 saturated carbocycles. The normalized spacial score (nSPS) is 17.1. The van der Waals surface area contributed by atoms with E-state index in [9.17, 15) is 9.90 Å². The Hall–Kier alpha value is -1.90. The zero-order valence-electron chi connectivity index (χ0n) is 11.6. The van der Waals surface area contributed by atoms with Crippen molar-refractivity contribution >= 4 is 11.6 Å². The van der Waals surface area contributed by atoms with Gasteiger partial charge < -0.3 is 5.11 Å². The van der Waals surface area contributed by atoms with Crippen molar-refractivity contribution in [1.29, 1.82) is 5.26 Å². The van der Waals surface area contributed by atoms with E-state index in [2.05, 4.69) is 0 Å². The van der Waals surface area contributed by atoms with E-state index in [0.717, 1.165) is 5.69 Å². The monoisotopic (exact) mass is 273 g/mol. The lowest BCUT2D eigenvalue weighted by Crippen LogP contribution is -2.63. The van der Waals surface area contributed by atoms with Gasteiger partial charge in [-0.1, -0.05) is 25.1 Å². The summed E-state index contributed by atoms with van der Waals surface area (Å²) in [6, 6.07) is 11.2. The molecule has 0 unspecified atom stereocenters. The largest absolute Gasteiger partial charge is 0.387 e. The Morgan fingerprint density at radius 2 is 2.10 bits per heavy atom. The summed E-state index contributed by atoms with van der Waals surface area (Å²) in [6.45, 7) is 3.24. The number of amides is 1. The summed E-state index contributed by atoms with van der Waals surface area (Å²) in [5.41, 5.74) is 0.0814. The van der Waals surface area contributed by atoms with E-state index >= 15 is 0 Å². The van der Waals surface area contributed by atoms with Gasteiger partial charge in [0, 0.05) is 18.8 Å². The number of hydrogen-bond donors (Lipinski definition) is 1. The van der Waals surface area contributed by atoms with Crippen LogP contribution in [-0.2, 0) is 4.79 Å². The van der Waals surface area contributed by atoms with Gasteiger partial charge in [-0.05, 0) is 18.6 Å². The molecule has 1 aliphatic heterocycles. The van der Waals surface area contributed by atoms with E-state index in [1.54, 1.807) is 0 Å². The molecule has 1 aromatic rings. The fourth-order valence-corrected chi connectivity index (χ4v) is 2.40. The number of rotatable bonds is 5. The summed E-state index contributed by atoms with van der Waals surface area (Å²) < 4.78 is 0. The highest BCUT2D eigenvalue weighted by molar-refractivity contribution is 5.95. The van der Waals surface area contributed by atoms with Crippen LogP contribution in [0.3, 0.4) is 0 Å². The summed E-state index contributed by atoms with van der Waals surface area (Å²) >= 11 is 0. The van der Waals surface area contributed by atoms with E-state index in [0.29, 0.717) is 19.5 Å². The molecule has 1 heterocycles. The molecule has 1 saturated heterocycles. The summed E-state index contributed by atoms with van der Waals surface area (Å²) in [5.74, 6) is -0.115. The van der Waals surface area contributed by atoms with Gasteiger partial charge in [-0.2, -0.15) is 5.26 Å². The maximum absolute atomic E-state index is 12.3. The van der Waals surface area contributed by atoms with Crippen molar-refractivity contribution < 1.29 is 9.90 Å². The number of para-hydroxylation sites is 1. The van der Waals surface area contributed by atoms with Crippen LogP contribution < -0.4 is 4.90 Å². The second-order valence-electron chi connectivity index (χ2n) is 5.20. The molecule has 0 atom stereocenters. The van der Waals surface area contributed by atoms with Crippen molar-refractivity contribution in [2.45, 2.75) is 18.9 Å². The van der Waals surface area contributed by atoms with Gasteiger partial charge in [0.05, 0.1) is 18.2 Å². The molecule has 1 aromatic carbocycles. The Labute approximate surface area is 119 Å². The van der Waals surface area contributed by atoms with Crippen LogP contribution in [0.5, 0.6) is 0 Å². The average molecular weight is 273 g/mol. The Morgan fingerprint density at radius 1 is 1.45 bits per heavy atom. The molecule has 5 heteroatoms. The van der Waals surface area contributed by atoms with Gasteiger partial charge in [-0.3, -0.25) is 14.6 Å². The predicted molar refractivity (Wildman–Crippen MR) is 76.1 cm³/mol. The molecule has 106 valence electrons. The number of likely N-dealkylation sites (tertiary alicyclic amines) is 1. The van der Waals surface area contributed by atoms with Crippen molar-refractivity contribution in [3.8, 4) is 6.07 Å². The number of benzene rings is 1. The number of hydrogen-bond acceptors (Lipinski definition) is 4. The van der Waals surface area contributed by atoms with E-state index in [-0.39, 0.29) is 19.0 Å². The molecule has 0 radical (unpaired) electrons. The van der Waals surface area contributed by atoms with E-state index in [1.807, 2.05) is 48.2 Å². The highest BCUT2D eigenvalue weighted by atomic mass is 16.3. The molecule has 1 fully saturated rings. The van der Waals surface area contributed by atoms with Crippen molar-refractivity contribution in [3.05, 3.63) is 30.3 Å². The van der Waals surface area contributed by atoms with Crippen molar-refractivity contribution in [3.63, 3.8) is 0 Å². The highest BCUT2D eigenvalue weighted by Crippen LogP contribution is 2.24. The standard InChI is InChI=1S/C15H19N3O2/c1-2-15(20)11-17(12-15)10-14(19)18(9-8-16)13-6-4-3-5-7-13/h3-7,20H,2,9-12H2,1H3. The SMILES string of the molecule is CCC1(O)CN(CC(=O)N(CC#N)c2ccccc2)C1. The minimum Gasteiger partial charge on any atom is -0.387 e. The van der Waals surface area contributed by atoms with Gasteiger partial charge in [0.2, 0.25) is 5.91 Å². The minimum atomic E-state index is -0.646. The molecule has 0 bridgehead atoms. The first-order chi connectivity index (χ1) is 9.58. The van der Waals surface area contributed by atoms with Gasteiger partial charge >= 0.3 is 0 Å². The molecule has 0 spiro atoms. The van der Waals surface area contributed by atoms with Crippen LogP contribution in [0.15, 0.2) is 30.3 Å². The molecule has 0 aliphatic carbocycles. The molecule has 1 aliphatic rings. The summed E-state index contributed by atoms with van der Waals surface area (Å²) in [5, 5.41) is 18.8. The maximum Gasteiger partial charge on any atom is 0.242 e. The van der Waals surface area contributed by atoms with Gasteiger partial charge in [0.25, 0.3) is 0 Å². The zero-order chi connectivity index (χ0) is 14.6. The maximum atomic E-state index is 12.3. The van der Waals surface area contributed by atoms with Crippen LogP contribution >= 0.6 is 0 Å². The summed E-state index contributed by atoms with van der Waals surface area (Å²) in [4.78, 5) is 15.7. The van der Waals surface area contributed by atoms with Crippen LogP contribution in [0, 0.1) is 11.3 Å². The average Bonchev–Trinajstić information content (AvgIpc) is 2.43. The third-order valence-electron chi connectivity index (χ3n) is 3.65. The topological polar surface area (TPSA) is 67.6 Å². The van der Waals surface area contributed by atoms with Gasteiger partial charge in [-0.15, -0.1) is 0 Å². The number of carbonyl (C=O) groups excluding carboxylic acids is 1. The molecule has 1 N–H and O–H groups in total. The number of β-amino-alcohol motifs (C(OH)–C–C–N with tert-alkyl or cyclic N) is 1. The van der Waals surface area contributed by atoms with Gasteiger partial charge in [0.15, 0.2) is 0 Å². The Morgan fingerprint density at radius 3 is 2.65 bits per heavy atom. The van der Waals surface area contributed by atoms with Crippen molar-refractivity contribution in [2.75, 3.05) is 31.1 Å². The summed E-state index contributed by atoms with van der Waals surface area (Å²) in [7, 11) is 0. The molecular weight excluding hydrogens is 254 g/mol. The quantitative estimate of drug-likeness (QED) is 0.813. The predicted octanol–water partition coefficient (Wildman–Crippen LogP) is 1.000. The Bertz CT molecular complexity index is 504. The van der Waals surface area contributed by atoms with Crippen molar-refractivity contribution in [2.24, 2.45) is 0 Å². The van der Waals surface area contributed by atoms with E-state index in [4.69, 9.17) is 5.26 Å². The van der Waals surface area contributed by atoms with E-state index in [1.165, 1.54) is 4.90 Å². The second-order valence-corrected chi connectivity index (χ2v) is 5.20. The van der Waals surface area contributed by atoms with Crippen LogP contribution in [0.25, 0.3) is 0 Å². The molecular formula is C15H19N3O2. The number of nitriles is 1. The van der Waals surface area contributed by atoms with Crippen LogP contribution in [0.2, 0.25) is 0 Å². The second kappa shape index (κ2) is 6.04. The number of nitrogens with zero attached hydrogens (tertiary/aromatic N) is 3. The lowest BCUT2D eigenvalue weighted by molar-refractivity contribution is -0.130. The van der Waals surface area contributed by atoms with Crippen LogP contribution in [0.4, 0.5) is 5.69 Å². The molecule has 0 aromatic heterocycles. The minimum absolute atomic E-state index is 0.0364. The third-order valence-corrected chi connectivity index (χ3v) is 3.65. The Kier molecular flexibility index (Phi) is 4.38. The first-order valence-corrected chi connectivity index (χ1v) is 6.75. The third kappa shape index (κ3) is 3.16. The summed E-state index contributed by atoms with van der Waals surface area (Å²) in [6.07, 6.45) is 0.693. The number of aliphatic hydroxyl groups is 1. The first kappa shape index (κ1) is 14.5. The zero-order valence-corrected chi connectivity index (χ0v) is 11.6. The fraction of sp³-hybridized carbons (Fsp3) is 0.467. The van der Waals surface area contributed by atoms with Crippen LogP contribution in [-0.4, -0.2) is 47.7 Å². The molecule has 2 rings (SSSR count). The smallest absolute Gasteiger partial charge is 0.242 e. The van der Waals surface area contributed by atoms with E-state index < -0.39 is 5.60 Å². The van der Waals surface area contributed by atoms with Gasteiger partial charge in [-0.25, -0.2) is 0 Å².